The van der Waals surface area contributed by atoms with Gasteiger partial charge in [-0.3, -0.25) is 10.2 Å². The van der Waals surface area contributed by atoms with Crippen molar-refractivity contribution in [3.05, 3.63) is 65.2 Å². The van der Waals surface area contributed by atoms with Crippen molar-refractivity contribution in [1.82, 2.24) is 16.2 Å². The lowest BCUT2D eigenvalue weighted by molar-refractivity contribution is -0.125. The summed E-state index contributed by atoms with van der Waals surface area (Å²) in [7, 11) is 1.64. The van der Waals surface area contributed by atoms with E-state index < -0.39 is 0 Å². The van der Waals surface area contributed by atoms with Gasteiger partial charge in [0.25, 0.3) is 0 Å². The second-order valence-electron chi connectivity index (χ2n) is 6.09. The summed E-state index contributed by atoms with van der Waals surface area (Å²) in [6, 6.07) is 16.0. The van der Waals surface area contributed by atoms with Gasteiger partial charge in [0.2, 0.25) is 5.91 Å². The van der Waals surface area contributed by atoms with Crippen LogP contribution in [0.3, 0.4) is 0 Å². The molecule has 2 atom stereocenters. The first-order valence-electron chi connectivity index (χ1n) is 8.13. The summed E-state index contributed by atoms with van der Waals surface area (Å²) in [4.78, 5) is 12.6. The summed E-state index contributed by atoms with van der Waals surface area (Å²) in [5, 5.41) is 3.03. The number of nitrogens with one attached hydrogen (secondary N) is 3. The average molecular weight is 325 g/mol. The highest BCUT2D eigenvalue weighted by molar-refractivity contribution is 5.80. The van der Waals surface area contributed by atoms with Crippen molar-refractivity contribution < 1.29 is 9.53 Å². The lowest BCUT2D eigenvalue weighted by Crippen LogP contribution is -2.34. The summed E-state index contributed by atoms with van der Waals surface area (Å²) < 4.78 is 5.21. The summed E-state index contributed by atoms with van der Waals surface area (Å²) in [6.07, 6.45) is 0. The van der Waals surface area contributed by atoms with Gasteiger partial charge in [0.1, 0.15) is 5.75 Å². The molecule has 5 nitrogen and oxygen atoms in total. The Bertz CT molecular complexity index is 717. The average Bonchev–Trinajstić information content (AvgIpc) is 3.10. The highest BCUT2D eigenvalue weighted by Crippen LogP contribution is 2.25. The topological polar surface area (TPSA) is 62.4 Å². The lowest BCUT2D eigenvalue weighted by Gasteiger charge is -2.19. The molecular formula is C19H23N3O2. The first-order chi connectivity index (χ1) is 11.7. The van der Waals surface area contributed by atoms with E-state index >= 15 is 0 Å². The zero-order valence-corrected chi connectivity index (χ0v) is 14.0. The predicted octanol–water partition coefficient (Wildman–Crippen LogP) is 2.09. The van der Waals surface area contributed by atoms with Crippen LogP contribution in [-0.4, -0.2) is 19.6 Å². The number of rotatable bonds is 5. The van der Waals surface area contributed by atoms with E-state index in [-0.39, 0.29) is 17.9 Å². The second-order valence-corrected chi connectivity index (χ2v) is 6.09. The third-order valence-electron chi connectivity index (χ3n) is 4.32. The summed E-state index contributed by atoms with van der Waals surface area (Å²) >= 11 is 0. The van der Waals surface area contributed by atoms with E-state index in [0.29, 0.717) is 13.1 Å². The van der Waals surface area contributed by atoms with Gasteiger partial charge in [0, 0.05) is 13.1 Å². The minimum Gasteiger partial charge on any atom is -0.497 e. The fraction of sp³-hybridized carbons (Fsp3) is 0.316. The zero-order valence-electron chi connectivity index (χ0n) is 14.0. The molecule has 5 heteroatoms. The Labute approximate surface area is 142 Å². The first kappa shape index (κ1) is 16.5. The quantitative estimate of drug-likeness (QED) is 0.788. The van der Waals surface area contributed by atoms with Gasteiger partial charge in [-0.1, -0.05) is 42.0 Å². The molecule has 1 heterocycles. The molecule has 1 fully saturated rings. The number of methoxy groups -OCH3 is 1. The molecule has 3 N–H and O–H groups in total. The Balaban J connectivity index is 1.65. The van der Waals surface area contributed by atoms with Crippen molar-refractivity contribution in [2.75, 3.05) is 13.7 Å². The number of aryl methyl sites for hydroxylation is 1. The van der Waals surface area contributed by atoms with Crippen LogP contribution in [0.4, 0.5) is 0 Å². The molecule has 3 rings (SSSR count). The van der Waals surface area contributed by atoms with Crippen LogP contribution in [0.5, 0.6) is 5.75 Å². The number of carbonyl (C=O) groups is 1. The summed E-state index contributed by atoms with van der Waals surface area (Å²) in [5.74, 6) is 0.697. The van der Waals surface area contributed by atoms with Crippen LogP contribution in [0.15, 0.2) is 48.5 Å². The Morgan fingerprint density at radius 2 is 2.08 bits per heavy atom. The summed E-state index contributed by atoms with van der Waals surface area (Å²) in [5.41, 5.74) is 9.66. The van der Waals surface area contributed by atoms with E-state index in [2.05, 4.69) is 41.3 Å². The standard InChI is InChI=1S/C19H23N3O2/c1-13-5-3-7-15(9-13)18-17(12-21-22-18)19(23)20-11-14-6-4-8-16(10-14)24-2/h3-10,17-18,21-22H,11-12H2,1-2H3,(H,20,23). The van der Waals surface area contributed by atoms with Crippen molar-refractivity contribution in [3.8, 4) is 5.75 Å². The molecule has 0 saturated carbocycles. The molecule has 126 valence electrons. The van der Waals surface area contributed by atoms with Crippen LogP contribution in [0, 0.1) is 12.8 Å². The predicted molar refractivity (Wildman–Crippen MR) is 93.4 cm³/mol. The molecule has 1 aliphatic heterocycles. The fourth-order valence-corrected chi connectivity index (χ4v) is 3.02. The maximum atomic E-state index is 12.6. The van der Waals surface area contributed by atoms with Crippen LogP contribution in [0.2, 0.25) is 0 Å². The fourth-order valence-electron chi connectivity index (χ4n) is 3.02. The number of carbonyl (C=O) groups excluding carboxylic acids is 1. The maximum absolute atomic E-state index is 12.6. The molecule has 0 aromatic heterocycles. The van der Waals surface area contributed by atoms with Crippen LogP contribution >= 0.6 is 0 Å². The van der Waals surface area contributed by atoms with Crippen LogP contribution in [0.1, 0.15) is 22.7 Å². The minimum absolute atomic E-state index is 0.0183. The third kappa shape index (κ3) is 3.75. The molecule has 0 spiro atoms. The van der Waals surface area contributed by atoms with Crippen molar-refractivity contribution in [2.24, 2.45) is 5.92 Å². The van der Waals surface area contributed by atoms with Crippen molar-refractivity contribution in [1.29, 1.82) is 0 Å². The minimum atomic E-state index is -0.141. The largest absolute Gasteiger partial charge is 0.497 e. The van der Waals surface area contributed by atoms with E-state index in [4.69, 9.17) is 4.74 Å². The molecule has 2 aromatic carbocycles. The van der Waals surface area contributed by atoms with Crippen molar-refractivity contribution >= 4 is 5.91 Å². The molecular weight excluding hydrogens is 302 g/mol. The van der Waals surface area contributed by atoms with Crippen molar-refractivity contribution in [2.45, 2.75) is 19.5 Å². The van der Waals surface area contributed by atoms with Crippen LogP contribution in [-0.2, 0) is 11.3 Å². The molecule has 0 radical (unpaired) electrons. The zero-order chi connectivity index (χ0) is 16.9. The van der Waals surface area contributed by atoms with E-state index in [1.54, 1.807) is 7.11 Å². The van der Waals surface area contributed by atoms with Gasteiger partial charge < -0.3 is 10.1 Å². The van der Waals surface area contributed by atoms with Gasteiger partial charge in [0.05, 0.1) is 19.1 Å². The third-order valence-corrected chi connectivity index (χ3v) is 4.32. The van der Waals surface area contributed by atoms with Gasteiger partial charge in [-0.05, 0) is 30.2 Å². The van der Waals surface area contributed by atoms with Crippen LogP contribution in [0.25, 0.3) is 0 Å². The number of hydrogen-bond acceptors (Lipinski definition) is 4. The Kier molecular flexibility index (Phi) is 5.13. The molecule has 1 aliphatic rings. The normalized spacial score (nSPS) is 19.9. The van der Waals surface area contributed by atoms with Crippen LogP contribution < -0.4 is 20.9 Å². The van der Waals surface area contributed by atoms with Gasteiger partial charge in [-0.2, -0.15) is 0 Å². The molecule has 1 saturated heterocycles. The number of hydrogen-bond donors (Lipinski definition) is 3. The smallest absolute Gasteiger partial charge is 0.226 e. The molecule has 2 unspecified atom stereocenters. The number of ether oxygens (including phenoxy) is 1. The van der Waals surface area contributed by atoms with E-state index in [1.807, 2.05) is 30.3 Å². The highest BCUT2D eigenvalue weighted by atomic mass is 16.5. The Morgan fingerprint density at radius 3 is 2.88 bits per heavy atom. The van der Waals surface area contributed by atoms with Crippen molar-refractivity contribution in [3.63, 3.8) is 0 Å². The Hall–Kier alpha value is -2.37. The second kappa shape index (κ2) is 7.47. The first-order valence-corrected chi connectivity index (χ1v) is 8.13. The molecule has 1 amide bonds. The number of benzene rings is 2. The number of amides is 1. The monoisotopic (exact) mass is 325 g/mol. The SMILES string of the molecule is COc1cccc(CNC(=O)C2CNNC2c2cccc(C)c2)c1. The Morgan fingerprint density at radius 1 is 1.25 bits per heavy atom. The molecule has 0 aliphatic carbocycles. The molecule has 24 heavy (non-hydrogen) atoms. The molecule has 2 aromatic rings. The van der Waals surface area contributed by atoms with E-state index in [0.717, 1.165) is 16.9 Å². The van der Waals surface area contributed by atoms with Gasteiger partial charge in [-0.25, -0.2) is 5.43 Å². The van der Waals surface area contributed by atoms with E-state index in [1.165, 1.54) is 5.56 Å². The van der Waals surface area contributed by atoms with Gasteiger partial charge in [-0.15, -0.1) is 0 Å². The highest BCUT2D eigenvalue weighted by Gasteiger charge is 2.33. The van der Waals surface area contributed by atoms with E-state index in [9.17, 15) is 4.79 Å². The number of hydrazine groups is 1. The lowest BCUT2D eigenvalue weighted by atomic mass is 9.93. The van der Waals surface area contributed by atoms with Gasteiger partial charge in [0.15, 0.2) is 0 Å². The summed E-state index contributed by atoms with van der Waals surface area (Å²) in [6.45, 7) is 3.17. The maximum Gasteiger partial charge on any atom is 0.226 e. The van der Waals surface area contributed by atoms with Gasteiger partial charge >= 0.3 is 0 Å². The molecule has 0 bridgehead atoms.